The molecular formula is C9H21NS3. The topological polar surface area (TPSA) is 26.0 Å². The molecule has 0 amide bonds. The van der Waals surface area contributed by atoms with Crippen molar-refractivity contribution in [3.05, 3.63) is 0 Å². The van der Waals surface area contributed by atoms with Crippen LogP contribution in [-0.4, -0.2) is 26.7 Å². The Morgan fingerprint density at radius 3 is 1.85 bits per heavy atom. The maximum absolute atomic E-state index is 6.26. The van der Waals surface area contributed by atoms with E-state index in [9.17, 15) is 0 Å². The van der Waals surface area contributed by atoms with Crippen molar-refractivity contribution in [2.75, 3.05) is 17.3 Å². The molecule has 0 heterocycles. The van der Waals surface area contributed by atoms with Gasteiger partial charge in [0.1, 0.15) is 0 Å². The van der Waals surface area contributed by atoms with Crippen LogP contribution in [-0.2, 0) is 0 Å². The van der Waals surface area contributed by atoms with Crippen molar-refractivity contribution < 1.29 is 0 Å². The second-order valence-electron chi connectivity index (χ2n) is 2.86. The summed E-state index contributed by atoms with van der Waals surface area (Å²) in [5.74, 6) is 3.39. The first-order valence-corrected chi connectivity index (χ1v) is 7.82. The number of thioether (sulfide) groups is 3. The van der Waals surface area contributed by atoms with Crippen molar-refractivity contribution in [3.8, 4) is 0 Å². The molecule has 0 aliphatic rings. The van der Waals surface area contributed by atoms with E-state index in [4.69, 9.17) is 5.73 Å². The lowest BCUT2D eigenvalue weighted by molar-refractivity contribution is 0.743. The second-order valence-corrected chi connectivity index (χ2v) is 7.67. The van der Waals surface area contributed by atoms with E-state index >= 15 is 0 Å². The highest BCUT2D eigenvalue weighted by atomic mass is 32.2. The van der Waals surface area contributed by atoms with Gasteiger partial charge in [-0.2, -0.15) is 0 Å². The third-order valence-corrected chi connectivity index (χ3v) is 6.07. The average molecular weight is 239 g/mol. The normalized spacial score (nSPS) is 16.2. The fourth-order valence-corrected chi connectivity index (χ4v) is 5.10. The SMILES string of the molecule is CCSC(SCC)C(C)(N)SCC. The summed E-state index contributed by atoms with van der Waals surface area (Å²) in [7, 11) is 0. The van der Waals surface area contributed by atoms with Crippen molar-refractivity contribution >= 4 is 35.3 Å². The van der Waals surface area contributed by atoms with Gasteiger partial charge >= 0.3 is 0 Å². The summed E-state index contributed by atoms with van der Waals surface area (Å²) in [5.41, 5.74) is 6.26. The molecule has 0 saturated carbocycles. The third-order valence-electron chi connectivity index (χ3n) is 1.56. The van der Waals surface area contributed by atoms with E-state index in [1.165, 1.54) is 0 Å². The number of hydrogen-bond donors (Lipinski definition) is 1. The van der Waals surface area contributed by atoms with E-state index in [-0.39, 0.29) is 4.87 Å². The zero-order valence-electron chi connectivity index (χ0n) is 9.00. The van der Waals surface area contributed by atoms with Crippen LogP contribution < -0.4 is 5.73 Å². The maximum atomic E-state index is 6.26. The lowest BCUT2D eigenvalue weighted by Crippen LogP contribution is -2.41. The first kappa shape index (κ1) is 14.0. The van der Waals surface area contributed by atoms with Gasteiger partial charge in [-0.25, -0.2) is 0 Å². The highest BCUT2D eigenvalue weighted by Gasteiger charge is 2.29. The zero-order valence-corrected chi connectivity index (χ0v) is 11.5. The summed E-state index contributed by atoms with van der Waals surface area (Å²) in [6.07, 6.45) is 0. The van der Waals surface area contributed by atoms with E-state index in [2.05, 4.69) is 27.7 Å². The summed E-state index contributed by atoms with van der Waals surface area (Å²) in [6, 6.07) is 0. The molecule has 0 rings (SSSR count). The fraction of sp³-hybridized carbons (Fsp3) is 1.00. The van der Waals surface area contributed by atoms with Crippen LogP contribution in [0, 0.1) is 0 Å². The smallest absolute Gasteiger partial charge is 0.0804 e. The Labute approximate surface area is 95.4 Å². The van der Waals surface area contributed by atoms with E-state index < -0.39 is 0 Å². The van der Waals surface area contributed by atoms with Gasteiger partial charge in [0.05, 0.1) is 9.45 Å². The van der Waals surface area contributed by atoms with Crippen LogP contribution in [0.2, 0.25) is 0 Å². The molecule has 1 atom stereocenters. The molecule has 0 aliphatic heterocycles. The Kier molecular flexibility index (Phi) is 7.89. The molecular weight excluding hydrogens is 218 g/mol. The summed E-state index contributed by atoms with van der Waals surface area (Å²) < 4.78 is 0.521. The highest BCUT2D eigenvalue weighted by molar-refractivity contribution is 8.18. The molecule has 0 fully saturated rings. The summed E-state index contributed by atoms with van der Waals surface area (Å²) >= 11 is 5.79. The van der Waals surface area contributed by atoms with Gasteiger partial charge < -0.3 is 5.73 Å². The standard InChI is InChI=1S/C9H21NS3/c1-5-11-8(12-6-2)9(4,10)13-7-3/h8H,5-7,10H2,1-4H3. The molecule has 1 nitrogen and oxygen atoms in total. The summed E-state index contributed by atoms with van der Waals surface area (Å²) in [5, 5.41) is 0. The minimum absolute atomic E-state index is 0.0872. The summed E-state index contributed by atoms with van der Waals surface area (Å²) in [4.78, 5) is -0.0872. The van der Waals surface area contributed by atoms with Crippen molar-refractivity contribution in [2.24, 2.45) is 5.73 Å². The first-order valence-electron chi connectivity index (χ1n) is 4.74. The molecule has 0 radical (unpaired) electrons. The molecule has 1 unspecified atom stereocenters. The van der Waals surface area contributed by atoms with Crippen LogP contribution >= 0.6 is 35.3 Å². The maximum Gasteiger partial charge on any atom is 0.0804 e. The van der Waals surface area contributed by atoms with Crippen LogP contribution in [0.1, 0.15) is 27.7 Å². The van der Waals surface area contributed by atoms with Gasteiger partial charge in [-0.1, -0.05) is 20.8 Å². The molecule has 13 heavy (non-hydrogen) atoms. The number of rotatable bonds is 7. The molecule has 0 spiro atoms. The molecule has 0 aromatic carbocycles. The molecule has 0 aliphatic carbocycles. The van der Waals surface area contributed by atoms with Gasteiger partial charge in [0.2, 0.25) is 0 Å². The predicted octanol–water partition coefficient (Wildman–Crippen LogP) is 3.25. The zero-order chi connectivity index (χ0) is 10.3. The predicted molar refractivity (Wildman–Crippen MR) is 70.8 cm³/mol. The largest absolute Gasteiger partial charge is 0.315 e. The second kappa shape index (κ2) is 7.32. The van der Waals surface area contributed by atoms with E-state index in [1.807, 2.05) is 35.3 Å². The van der Waals surface area contributed by atoms with Crippen LogP contribution in [0.5, 0.6) is 0 Å². The van der Waals surface area contributed by atoms with Crippen molar-refractivity contribution in [2.45, 2.75) is 37.1 Å². The minimum Gasteiger partial charge on any atom is -0.315 e. The van der Waals surface area contributed by atoms with E-state index in [0.717, 1.165) is 17.3 Å². The lowest BCUT2D eigenvalue weighted by atomic mass is 10.4. The molecule has 0 aromatic heterocycles. The molecule has 4 heteroatoms. The first-order chi connectivity index (χ1) is 6.08. The Bertz CT molecular complexity index is 122. The van der Waals surface area contributed by atoms with E-state index in [0.29, 0.717) is 4.58 Å². The molecule has 0 bridgehead atoms. The average Bonchev–Trinajstić information content (AvgIpc) is 2.04. The van der Waals surface area contributed by atoms with Gasteiger partial charge in [-0.05, 0) is 24.2 Å². The lowest BCUT2D eigenvalue weighted by Gasteiger charge is -2.32. The van der Waals surface area contributed by atoms with Gasteiger partial charge in [-0.15, -0.1) is 35.3 Å². The number of hydrogen-bond acceptors (Lipinski definition) is 4. The minimum atomic E-state index is -0.0872. The van der Waals surface area contributed by atoms with Crippen molar-refractivity contribution in [1.82, 2.24) is 0 Å². The fourth-order valence-electron chi connectivity index (χ4n) is 1.06. The summed E-state index contributed by atoms with van der Waals surface area (Å²) in [6.45, 7) is 8.71. The van der Waals surface area contributed by atoms with Crippen molar-refractivity contribution in [1.29, 1.82) is 0 Å². The van der Waals surface area contributed by atoms with Gasteiger partial charge in [0.25, 0.3) is 0 Å². The molecule has 80 valence electrons. The van der Waals surface area contributed by atoms with Crippen LogP contribution in [0.25, 0.3) is 0 Å². The third kappa shape index (κ3) is 5.45. The van der Waals surface area contributed by atoms with Crippen LogP contribution in [0.15, 0.2) is 0 Å². The molecule has 0 aromatic rings. The Morgan fingerprint density at radius 2 is 1.54 bits per heavy atom. The Morgan fingerprint density at radius 1 is 1.08 bits per heavy atom. The monoisotopic (exact) mass is 239 g/mol. The van der Waals surface area contributed by atoms with Crippen LogP contribution in [0.4, 0.5) is 0 Å². The van der Waals surface area contributed by atoms with E-state index in [1.54, 1.807) is 0 Å². The molecule has 0 saturated heterocycles. The van der Waals surface area contributed by atoms with Gasteiger partial charge in [0.15, 0.2) is 0 Å². The van der Waals surface area contributed by atoms with Gasteiger partial charge in [-0.3, -0.25) is 0 Å². The van der Waals surface area contributed by atoms with Gasteiger partial charge in [0, 0.05) is 0 Å². The quantitative estimate of drug-likeness (QED) is 0.690. The Balaban J connectivity index is 4.13. The molecule has 2 N–H and O–H groups in total. The van der Waals surface area contributed by atoms with Crippen LogP contribution in [0.3, 0.4) is 0 Å². The number of nitrogens with two attached hydrogens (primary N) is 1. The Hall–Kier alpha value is 1.01. The highest BCUT2D eigenvalue weighted by Crippen LogP contribution is 2.38. The van der Waals surface area contributed by atoms with Crippen molar-refractivity contribution in [3.63, 3.8) is 0 Å².